The molecule has 0 bridgehead atoms. The number of hydrogen-bond donors (Lipinski definition) is 0. The molecule has 0 radical (unpaired) electrons. The minimum absolute atomic E-state index is 0.0601. The number of aromatic nitrogens is 2. The van der Waals surface area contributed by atoms with Gasteiger partial charge in [0.2, 0.25) is 11.8 Å². The highest BCUT2D eigenvalue weighted by atomic mass is 19.4. The Hall–Kier alpha value is -3.37. The van der Waals surface area contributed by atoms with Gasteiger partial charge in [0.15, 0.2) is 0 Å². The van der Waals surface area contributed by atoms with Gasteiger partial charge in [-0.3, -0.25) is 4.79 Å². The molecule has 1 aliphatic heterocycles. The molecule has 0 spiro atoms. The number of hydrogen-bond acceptors (Lipinski definition) is 4. The molecule has 1 fully saturated rings. The molecule has 0 saturated carbocycles. The van der Waals surface area contributed by atoms with Crippen LogP contribution in [0.4, 0.5) is 26.3 Å². The van der Waals surface area contributed by atoms with E-state index in [4.69, 9.17) is 4.42 Å². The molecule has 11 heteroatoms. The third-order valence-corrected chi connectivity index (χ3v) is 5.42. The van der Waals surface area contributed by atoms with Gasteiger partial charge in [-0.2, -0.15) is 26.3 Å². The first-order valence-electron chi connectivity index (χ1n) is 10.00. The number of alkyl halides is 6. The van der Waals surface area contributed by atoms with Crippen molar-refractivity contribution in [3.05, 3.63) is 71.1 Å². The Morgan fingerprint density at radius 3 is 2.03 bits per heavy atom. The zero-order chi connectivity index (χ0) is 23.8. The van der Waals surface area contributed by atoms with Gasteiger partial charge in [0.1, 0.15) is 0 Å². The average Bonchev–Trinajstić information content (AvgIpc) is 3.28. The predicted molar refractivity (Wildman–Crippen MR) is 104 cm³/mol. The third-order valence-electron chi connectivity index (χ3n) is 5.42. The van der Waals surface area contributed by atoms with Gasteiger partial charge in [0.05, 0.1) is 17.0 Å². The maximum Gasteiger partial charge on any atom is 0.416 e. The van der Waals surface area contributed by atoms with Crippen LogP contribution in [0.2, 0.25) is 0 Å². The first-order chi connectivity index (χ1) is 15.5. The second-order valence-corrected chi connectivity index (χ2v) is 7.69. The molecule has 33 heavy (non-hydrogen) atoms. The summed E-state index contributed by atoms with van der Waals surface area (Å²) >= 11 is 0. The maximum absolute atomic E-state index is 12.8. The zero-order valence-corrected chi connectivity index (χ0v) is 17.0. The molecule has 1 aliphatic rings. The molecule has 4 rings (SSSR count). The van der Waals surface area contributed by atoms with Gasteiger partial charge in [0.25, 0.3) is 5.91 Å². The van der Waals surface area contributed by atoms with E-state index in [2.05, 4.69) is 10.2 Å². The lowest BCUT2D eigenvalue weighted by Crippen LogP contribution is -2.39. The Labute approximate surface area is 184 Å². The van der Waals surface area contributed by atoms with E-state index in [0.717, 1.165) is 36.4 Å². The number of piperidine rings is 1. The van der Waals surface area contributed by atoms with Crippen molar-refractivity contribution < 1.29 is 35.6 Å². The summed E-state index contributed by atoms with van der Waals surface area (Å²) in [5.41, 5.74) is -1.16. The van der Waals surface area contributed by atoms with Gasteiger partial charge in [-0.05, 0) is 61.4 Å². The van der Waals surface area contributed by atoms with Crippen LogP contribution in [0.1, 0.15) is 46.1 Å². The summed E-state index contributed by atoms with van der Waals surface area (Å²) < 4.78 is 82.1. The Morgan fingerprint density at radius 2 is 1.45 bits per heavy atom. The Kier molecular flexibility index (Phi) is 5.89. The lowest BCUT2D eigenvalue weighted by molar-refractivity contribution is -0.138. The Balaban J connectivity index is 1.46. The van der Waals surface area contributed by atoms with Crippen molar-refractivity contribution in [2.45, 2.75) is 31.1 Å². The van der Waals surface area contributed by atoms with E-state index in [9.17, 15) is 31.1 Å². The van der Waals surface area contributed by atoms with Gasteiger partial charge >= 0.3 is 12.4 Å². The van der Waals surface area contributed by atoms with E-state index in [1.54, 1.807) is 0 Å². The molecule has 1 atom stereocenters. The van der Waals surface area contributed by atoms with Gasteiger partial charge < -0.3 is 9.32 Å². The van der Waals surface area contributed by atoms with E-state index in [0.29, 0.717) is 24.9 Å². The molecule has 5 nitrogen and oxygen atoms in total. The SMILES string of the molecule is O=C(c1ccc(C(F)(F)F)cc1)N1CCCC(c2nnc(-c3ccc(C(F)(F)F)cc3)o2)C1. The minimum atomic E-state index is -4.49. The number of benzene rings is 2. The van der Waals surface area contributed by atoms with Crippen LogP contribution in [-0.4, -0.2) is 34.1 Å². The number of rotatable bonds is 3. The summed E-state index contributed by atoms with van der Waals surface area (Å²) in [6.45, 7) is 0.657. The fourth-order valence-corrected chi connectivity index (χ4v) is 3.67. The normalized spacial score (nSPS) is 17.3. The van der Waals surface area contributed by atoms with Crippen molar-refractivity contribution in [3.8, 4) is 11.5 Å². The quantitative estimate of drug-likeness (QED) is 0.456. The topological polar surface area (TPSA) is 59.2 Å². The lowest BCUT2D eigenvalue weighted by atomic mass is 9.97. The van der Waals surface area contributed by atoms with Crippen LogP contribution in [0.25, 0.3) is 11.5 Å². The summed E-state index contributed by atoms with van der Waals surface area (Å²) in [5, 5.41) is 7.90. The highest BCUT2D eigenvalue weighted by Crippen LogP contribution is 2.33. The summed E-state index contributed by atoms with van der Waals surface area (Å²) in [5.74, 6) is -0.400. The first kappa shape index (κ1) is 22.8. The van der Waals surface area contributed by atoms with Gasteiger partial charge in [0, 0.05) is 24.2 Å². The molecular formula is C22H17F6N3O2. The van der Waals surface area contributed by atoms with Crippen molar-refractivity contribution in [2.75, 3.05) is 13.1 Å². The van der Waals surface area contributed by atoms with Gasteiger partial charge in [-0.25, -0.2) is 0 Å². The van der Waals surface area contributed by atoms with Crippen LogP contribution < -0.4 is 0 Å². The lowest BCUT2D eigenvalue weighted by Gasteiger charge is -2.31. The van der Waals surface area contributed by atoms with E-state index >= 15 is 0 Å². The average molecular weight is 469 g/mol. The monoisotopic (exact) mass is 469 g/mol. The summed E-state index contributed by atoms with van der Waals surface area (Å²) in [6.07, 6.45) is -7.68. The number of amides is 1. The number of likely N-dealkylation sites (tertiary alicyclic amines) is 1. The number of carbonyl (C=O) groups is 1. The van der Waals surface area contributed by atoms with Crippen LogP contribution in [0.5, 0.6) is 0 Å². The standard InChI is InChI=1S/C22H17F6N3O2/c23-21(24,25)16-7-3-13(4-8-16)18-29-30-19(33-18)15-2-1-11-31(12-15)20(32)14-5-9-17(10-6-14)22(26,27)28/h3-10,15H,1-2,11-12H2. The summed E-state index contributed by atoms with van der Waals surface area (Å²) in [6, 6.07) is 8.33. The molecule has 1 amide bonds. The van der Waals surface area contributed by atoms with Crippen molar-refractivity contribution in [3.63, 3.8) is 0 Å². The van der Waals surface area contributed by atoms with Crippen LogP contribution in [0.15, 0.2) is 52.9 Å². The van der Waals surface area contributed by atoms with Crippen LogP contribution >= 0.6 is 0 Å². The number of nitrogens with zero attached hydrogens (tertiary/aromatic N) is 3. The second kappa shape index (κ2) is 8.53. The second-order valence-electron chi connectivity index (χ2n) is 7.69. The number of carbonyl (C=O) groups excluding carboxylic acids is 1. The summed E-state index contributed by atoms with van der Waals surface area (Å²) in [4.78, 5) is 14.3. The van der Waals surface area contributed by atoms with Crippen molar-refractivity contribution in [1.82, 2.24) is 15.1 Å². The maximum atomic E-state index is 12.8. The fraction of sp³-hybridized carbons (Fsp3) is 0.318. The van der Waals surface area contributed by atoms with Crippen molar-refractivity contribution in [1.29, 1.82) is 0 Å². The smallest absolute Gasteiger partial charge is 0.416 e. The van der Waals surface area contributed by atoms with Crippen molar-refractivity contribution in [2.24, 2.45) is 0 Å². The van der Waals surface area contributed by atoms with Gasteiger partial charge in [-0.15, -0.1) is 10.2 Å². The molecular weight excluding hydrogens is 452 g/mol. The van der Waals surface area contributed by atoms with Crippen molar-refractivity contribution >= 4 is 5.91 Å². The predicted octanol–water partition coefficient (Wildman–Crippen LogP) is 5.79. The first-order valence-corrected chi connectivity index (χ1v) is 10.00. The zero-order valence-electron chi connectivity index (χ0n) is 17.0. The molecule has 2 heterocycles. The molecule has 2 aromatic carbocycles. The van der Waals surface area contributed by atoms with Crippen LogP contribution in [0, 0.1) is 0 Å². The van der Waals surface area contributed by atoms with E-state index in [1.165, 1.54) is 17.0 Å². The molecule has 1 unspecified atom stereocenters. The van der Waals surface area contributed by atoms with E-state index < -0.39 is 29.4 Å². The molecule has 0 aliphatic carbocycles. The molecule has 174 valence electrons. The Bertz CT molecular complexity index is 1120. The van der Waals surface area contributed by atoms with Crippen LogP contribution in [0.3, 0.4) is 0 Å². The third kappa shape index (κ3) is 5.01. The minimum Gasteiger partial charge on any atom is -0.420 e. The highest BCUT2D eigenvalue weighted by molar-refractivity contribution is 5.94. The number of halogens is 6. The summed E-state index contributed by atoms with van der Waals surface area (Å²) in [7, 11) is 0. The fourth-order valence-electron chi connectivity index (χ4n) is 3.67. The van der Waals surface area contributed by atoms with E-state index in [1.807, 2.05) is 0 Å². The molecule has 0 N–H and O–H groups in total. The molecule has 1 aromatic heterocycles. The highest BCUT2D eigenvalue weighted by Gasteiger charge is 2.33. The Morgan fingerprint density at radius 1 is 0.879 bits per heavy atom. The molecule has 1 saturated heterocycles. The molecule has 3 aromatic rings. The van der Waals surface area contributed by atoms with Gasteiger partial charge in [-0.1, -0.05) is 0 Å². The van der Waals surface area contributed by atoms with Crippen LogP contribution in [-0.2, 0) is 12.4 Å². The largest absolute Gasteiger partial charge is 0.420 e. The van der Waals surface area contributed by atoms with E-state index in [-0.39, 0.29) is 29.8 Å².